The molecule has 41 heavy (non-hydrogen) atoms. The van der Waals surface area contributed by atoms with Gasteiger partial charge in [0.25, 0.3) is 0 Å². The predicted molar refractivity (Wildman–Crippen MR) is 157 cm³/mol. The summed E-state index contributed by atoms with van der Waals surface area (Å²) in [5, 5.41) is 6.92. The molecule has 2 aromatic carbocycles. The van der Waals surface area contributed by atoms with Crippen LogP contribution in [0.5, 0.6) is 0 Å². The first-order valence-corrected chi connectivity index (χ1v) is 14.8. The highest BCUT2D eigenvalue weighted by Gasteiger charge is 2.66. The maximum Gasteiger partial charge on any atom is 0.319 e. The molecule has 1 spiro atoms. The van der Waals surface area contributed by atoms with Crippen LogP contribution in [0, 0.1) is 17.2 Å². The quantitative estimate of drug-likeness (QED) is 0.360. The van der Waals surface area contributed by atoms with E-state index in [1.807, 2.05) is 6.07 Å². The Labute approximate surface area is 249 Å². The van der Waals surface area contributed by atoms with E-state index in [1.165, 1.54) is 6.07 Å². The Kier molecular flexibility index (Phi) is 8.25. The molecule has 2 fully saturated rings. The third-order valence-corrected chi connectivity index (χ3v) is 9.26. The molecule has 1 saturated heterocycles. The monoisotopic (exact) mass is 603 g/mol. The van der Waals surface area contributed by atoms with Crippen LogP contribution >= 0.6 is 23.2 Å². The molecule has 6 atom stereocenters. The number of ketones is 1. The molecule has 220 valence electrons. The van der Waals surface area contributed by atoms with E-state index in [2.05, 4.69) is 31.4 Å². The van der Waals surface area contributed by atoms with Gasteiger partial charge in [-0.1, -0.05) is 62.2 Å². The number of ether oxygens (including phenoxy) is 1. The van der Waals surface area contributed by atoms with Gasteiger partial charge in [-0.2, -0.15) is 0 Å². The number of anilines is 1. The van der Waals surface area contributed by atoms with Crippen LogP contribution in [-0.4, -0.2) is 42.4 Å². The maximum atomic E-state index is 15.9. The Morgan fingerprint density at radius 1 is 1.17 bits per heavy atom. The topological polar surface area (TPSA) is 111 Å². The van der Waals surface area contributed by atoms with Crippen LogP contribution in [0.3, 0.4) is 0 Å². The zero-order valence-electron chi connectivity index (χ0n) is 23.4. The molecule has 0 bridgehead atoms. The fraction of sp³-hybridized carbons (Fsp3) is 0.516. The zero-order chi connectivity index (χ0) is 29.7. The summed E-state index contributed by atoms with van der Waals surface area (Å²) in [7, 11) is 0. The number of carbonyl (C=O) groups excluding carboxylic acids is 3. The maximum absolute atomic E-state index is 15.9. The summed E-state index contributed by atoms with van der Waals surface area (Å²) in [4.78, 5) is 40.1. The minimum absolute atomic E-state index is 0.00848. The number of esters is 1. The molecular weight excluding hydrogens is 568 g/mol. The third-order valence-electron chi connectivity index (χ3n) is 8.73. The molecule has 7 nitrogen and oxygen atoms in total. The molecule has 4 N–H and O–H groups in total. The van der Waals surface area contributed by atoms with Gasteiger partial charge in [0.2, 0.25) is 5.91 Å². The van der Waals surface area contributed by atoms with Crippen molar-refractivity contribution in [2.75, 3.05) is 11.9 Å². The highest BCUT2D eigenvalue weighted by Crippen LogP contribution is 2.57. The number of hydrogen-bond acceptors (Lipinski definition) is 6. The van der Waals surface area contributed by atoms with Crippen molar-refractivity contribution in [1.82, 2.24) is 5.32 Å². The van der Waals surface area contributed by atoms with Gasteiger partial charge >= 0.3 is 5.97 Å². The van der Waals surface area contributed by atoms with Gasteiger partial charge < -0.3 is 21.1 Å². The first-order valence-electron chi connectivity index (χ1n) is 14.1. The highest BCUT2D eigenvalue weighted by atomic mass is 35.5. The van der Waals surface area contributed by atoms with Gasteiger partial charge in [-0.05, 0) is 66.3 Å². The summed E-state index contributed by atoms with van der Waals surface area (Å²) in [6, 6.07) is 8.62. The Morgan fingerprint density at radius 3 is 2.63 bits per heavy atom. The smallest absolute Gasteiger partial charge is 0.319 e. The Balaban J connectivity index is 1.59. The molecule has 1 aliphatic carbocycles. The van der Waals surface area contributed by atoms with E-state index >= 15 is 4.39 Å². The Bertz CT molecular complexity index is 1380. The van der Waals surface area contributed by atoms with Gasteiger partial charge in [0.15, 0.2) is 5.78 Å². The fourth-order valence-corrected chi connectivity index (χ4v) is 7.53. The second-order valence-corrected chi connectivity index (χ2v) is 13.6. The van der Waals surface area contributed by atoms with E-state index < -0.39 is 35.2 Å². The van der Waals surface area contributed by atoms with Crippen molar-refractivity contribution in [2.24, 2.45) is 17.1 Å². The average molecular weight is 605 g/mol. The first kappa shape index (κ1) is 30.0. The van der Waals surface area contributed by atoms with E-state index in [0.717, 1.165) is 6.42 Å². The minimum Gasteiger partial charge on any atom is -0.461 e. The number of amides is 1. The lowest BCUT2D eigenvalue weighted by atomic mass is 9.62. The van der Waals surface area contributed by atoms with Gasteiger partial charge in [-0.3, -0.25) is 14.4 Å². The van der Waals surface area contributed by atoms with Crippen LogP contribution in [0.25, 0.3) is 0 Å². The van der Waals surface area contributed by atoms with E-state index in [-0.39, 0.29) is 52.7 Å². The summed E-state index contributed by atoms with van der Waals surface area (Å²) in [5.41, 5.74) is 5.35. The number of hydrogen-bond donors (Lipinski definition) is 3. The number of fused-ring (bicyclic) bond motifs is 2. The summed E-state index contributed by atoms with van der Waals surface area (Å²) in [5.74, 6) is -2.39. The number of halogens is 3. The van der Waals surface area contributed by atoms with E-state index in [4.69, 9.17) is 33.7 Å². The summed E-state index contributed by atoms with van der Waals surface area (Å²) < 4.78 is 21.3. The minimum atomic E-state index is -1.28. The normalized spacial score (nSPS) is 29.0. The largest absolute Gasteiger partial charge is 0.461 e. The average Bonchev–Trinajstić information content (AvgIpc) is 3.55. The van der Waals surface area contributed by atoms with Gasteiger partial charge in [0.05, 0.1) is 17.6 Å². The SMILES string of the molecule is CC(C)(C)C[C@H]1N[C@@H](C(=O)CC2CC[C@@H](OC(=O)CN)C2)[C@H](c2cccc(Cl)c2F)[C@@]12C(=O)Nc1cc(Cl)ccc12. The fourth-order valence-electron chi connectivity index (χ4n) is 7.17. The molecule has 2 aliphatic heterocycles. The molecule has 5 rings (SSSR count). The van der Waals surface area contributed by atoms with Crippen molar-refractivity contribution < 1.29 is 23.5 Å². The molecule has 2 aromatic rings. The standard InChI is InChI=1S/C31H36Cl2FN3O4/c1-30(2,3)14-24-31(20-10-8-17(32)13-22(20)36-29(31)40)26(19-5-4-6-21(33)27(19)34)28(37-24)23(38)12-16-7-9-18(11-16)41-25(39)15-35/h4-6,8,10,13,16,18,24,26,28,37H,7,9,11-12,14-15,35H2,1-3H3,(H,36,40)/t16?,18-,24-,26+,28+,31+/m1/s1. The van der Waals surface area contributed by atoms with Crippen LogP contribution in [0.2, 0.25) is 10.0 Å². The number of rotatable bonds is 7. The summed E-state index contributed by atoms with van der Waals surface area (Å²) >= 11 is 12.6. The molecular formula is C31H36Cl2FN3O4. The number of nitrogens with one attached hydrogen (secondary N) is 2. The van der Waals surface area contributed by atoms with Crippen molar-refractivity contribution in [3.63, 3.8) is 0 Å². The zero-order valence-corrected chi connectivity index (χ0v) is 24.9. The van der Waals surface area contributed by atoms with Gasteiger partial charge in [0.1, 0.15) is 17.3 Å². The third kappa shape index (κ3) is 5.52. The van der Waals surface area contributed by atoms with E-state index in [0.29, 0.717) is 35.5 Å². The number of nitrogens with two attached hydrogens (primary N) is 1. The van der Waals surface area contributed by atoms with Crippen LogP contribution in [0.15, 0.2) is 36.4 Å². The molecule has 1 amide bonds. The molecule has 2 heterocycles. The molecule has 0 radical (unpaired) electrons. The molecule has 10 heteroatoms. The van der Waals surface area contributed by atoms with Crippen LogP contribution in [0.1, 0.15) is 69.9 Å². The summed E-state index contributed by atoms with van der Waals surface area (Å²) in [6.07, 6.45) is 2.40. The van der Waals surface area contributed by atoms with Crippen LogP contribution < -0.4 is 16.4 Å². The Morgan fingerprint density at radius 2 is 1.93 bits per heavy atom. The number of Topliss-reactive ketones (excluding diaryl/α,β-unsaturated/α-hetero) is 1. The van der Waals surface area contributed by atoms with Crippen LogP contribution in [0.4, 0.5) is 10.1 Å². The lowest BCUT2D eigenvalue weighted by Crippen LogP contribution is -2.49. The lowest BCUT2D eigenvalue weighted by Gasteiger charge is -2.37. The van der Waals surface area contributed by atoms with Crippen molar-refractivity contribution in [2.45, 2.75) is 82.4 Å². The number of carbonyl (C=O) groups is 3. The lowest BCUT2D eigenvalue weighted by molar-refractivity contribution is -0.147. The van der Waals surface area contributed by atoms with E-state index in [1.54, 1.807) is 24.3 Å². The van der Waals surface area contributed by atoms with E-state index in [9.17, 15) is 14.4 Å². The first-order chi connectivity index (χ1) is 19.3. The van der Waals surface area contributed by atoms with Gasteiger partial charge in [-0.15, -0.1) is 0 Å². The highest BCUT2D eigenvalue weighted by molar-refractivity contribution is 6.31. The second kappa shape index (κ2) is 11.3. The molecule has 0 aromatic heterocycles. The van der Waals surface area contributed by atoms with Crippen molar-refractivity contribution >= 4 is 46.5 Å². The second-order valence-electron chi connectivity index (χ2n) is 12.8. The van der Waals surface area contributed by atoms with Crippen LogP contribution in [-0.2, 0) is 24.5 Å². The van der Waals surface area contributed by atoms with Gasteiger partial charge in [-0.25, -0.2) is 4.39 Å². The molecule has 1 unspecified atom stereocenters. The van der Waals surface area contributed by atoms with Crippen molar-refractivity contribution in [1.29, 1.82) is 0 Å². The van der Waals surface area contributed by atoms with Crippen molar-refractivity contribution in [3.8, 4) is 0 Å². The summed E-state index contributed by atoms with van der Waals surface area (Å²) in [6.45, 7) is 6.03. The molecule has 1 saturated carbocycles. The molecule has 3 aliphatic rings. The Hall–Kier alpha value is -2.52. The van der Waals surface area contributed by atoms with Gasteiger partial charge in [0, 0.05) is 29.1 Å². The predicted octanol–water partition coefficient (Wildman–Crippen LogP) is 5.51. The van der Waals surface area contributed by atoms with Crippen molar-refractivity contribution in [3.05, 3.63) is 63.4 Å². The number of benzene rings is 2.